The molecule has 0 radical (unpaired) electrons. The highest BCUT2D eigenvalue weighted by atomic mass is 32.2. The third-order valence-corrected chi connectivity index (χ3v) is 6.65. The quantitative estimate of drug-likeness (QED) is 0.722. The molecule has 3 N–H and O–H groups in total. The van der Waals surface area contributed by atoms with Gasteiger partial charge in [0.05, 0.1) is 4.90 Å². The summed E-state index contributed by atoms with van der Waals surface area (Å²) in [6.07, 6.45) is -0.124. The van der Waals surface area contributed by atoms with E-state index < -0.39 is 21.9 Å². The van der Waals surface area contributed by atoms with Gasteiger partial charge in [-0.05, 0) is 18.6 Å². The van der Waals surface area contributed by atoms with Crippen LogP contribution in [0.25, 0.3) is 0 Å². The first-order valence-corrected chi connectivity index (χ1v) is 9.63. The lowest BCUT2D eigenvalue weighted by molar-refractivity contribution is -0.118. The van der Waals surface area contributed by atoms with Crippen molar-refractivity contribution in [1.82, 2.24) is 4.31 Å². The Balaban J connectivity index is 2.40. The van der Waals surface area contributed by atoms with Crippen molar-refractivity contribution in [2.45, 2.75) is 24.8 Å². The summed E-state index contributed by atoms with van der Waals surface area (Å²) in [5.74, 6) is -1.79. The van der Waals surface area contributed by atoms with Crippen LogP contribution in [0.2, 0.25) is 0 Å². The van der Waals surface area contributed by atoms with Gasteiger partial charge in [-0.25, -0.2) is 13.2 Å². The molecule has 0 aliphatic rings. The topological polar surface area (TPSA) is 118 Å². The van der Waals surface area contributed by atoms with Crippen molar-refractivity contribution in [3.63, 3.8) is 0 Å². The lowest BCUT2D eigenvalue weighted by Crippen LogP contribution is -2.33. The molecule has 0 aliphatic heterocycles. The monoisotopic (exact) mass is 382 g/mol. The van der Waals surface area contributed by atoms with Gasteiger partial charge in [0.25, 0.3) is 0 Å². The molecule has 134 valence electrons. The van der Waals surface area contributed by atoms with E-state index in [1.165, 1.54) is 0 Å². The maximum atomic E-state index is 13.0. The zero-order valence-electron chi connectivity index (χ0n) is 13.5. The molecule has 0 fully saturated rings. The summed E-state index contributed by atoms with van der Waals surface area (Å²) in [6, 6.07) is 10.1. The number of carbonyl (C=O) groups excluding carboxylic acids is 1. The molecular formula is C16H18N2O5S2. The number of hydrogen-bond acceptors (Lipinski definition) is 5. The number of carboxylic acid groups (broad SMARTS) is 1. The highest BCUT2D eigenvalue weighted by Gasteiger charge is 2.29. The fraction of sp³-hybridized carbons (Fsp3) is 0.250. The molecule has 0 unspecified atom stereocenters. The average molecular weight is 382 g/mol. The first-order valence-electron chi connectivity index (χ1n) is 7.38. The van der Waals surface area contributed by atoms with E-state index in [1.807, 2.05) is 6.07 Å². The standard InChI is InChI=1S/C16H18N2O5S2/c1-11-14(9-13(24-11)16(20)21)25(22,23)18(8-7-15(17)19)10-12-5-3-2-4-6-12/h2-6,9H,7-8,10H2,1H3,(H2,17,19)(H,20,21). The van der Waals surface area contributed by atoms with Crippen LogP contribution in [0.5, 0.6) is 0 Å². The predicted molar refractivity (Wildman–Crippen MR) is 93.9 cm³/mol. The second-order valence-corrected chi connectivity index (χ2v) is 8.54. The molecule has 0 saturated heterocycles. The highest BCUT2D eigenvalue weighted by Crippen LogP contribution is 2.29. The molecule has 7 nitrogen and oxygen atoms in total. The van der Waals surface area contributed by atoms with Gasteiger partial charge in [-0.3, -0.25) is 4.79 Å². The van der Waals surface area contributed by atoms with Crippen molar-refractivity contribution in [1.29, 1.82) is 0 Å². The van der Waals surface area contributed by atoms with Gasteiger partial charge in [-0.1, -0.05) is 30.3 Å². The number of primary amides is 1. The number of amides is 1. The Morgan fingerprint density at radius 3 is 2.40 bits per heavy atom. The number of carboxylic acids is 1. The normalized spacial score (nSPS) is 11.6. The highest BCUT2D eigenvalue weighted by molar-refractivity contribution is 7.89. The number of carbonyl (C=O) groups is 2. The van der Waals surface area contributed by atoms with Gasteiger partial charge in [0, 0.05) is 24.4 Å². The Labute approximate surface area is 149 Å². The second kappa shape index (κ2) is 7.77. The molecule has 2 aromatic rings. The maximum absolute atomic E-state index is 13.0. The van der Waals surface area contributed by atoms with Crippen LogP contribution < -0.4 is 5.73 Å². The summed E-state index contributed by atoms with van der Waals surface area (Å²) >= 11 is 0.900. The minimum atomic E-state index is -3.97. The van der Waals surface area contributed by atoms with Crippen LogP contribution in [0.15, 0.2) is 41.3 Å². The van der Waals surface area contributed by atoms with Crippen LogP contribution in [0.4, 0.5) is 0 Å². The van der Waals surface area contributed by atoms with Gasteiger partial charge >= 0.3 is 5.97 Å². The number of aryl methyl sites for hydroxylation is 1. The summed E-state index contributed by atoms with van der Waals surface area (Å²) in [7, 11) is -3.97. The number of benzene rings is 1. The van der Waals surface area contributed by atoms with E-state index >= 15 is 0 Å². The molecule has 1 heterocycles. The van der Waals surface area contributed by atoms with Crippen molar-refractivity contribution in [3.8, 4) is 0 Å². The van der Waals surface area contributed by atoms with Crippen molar-refractivity contribution in [2.24, 2.45) is 5.73 Å². The number of nitrogens with zero attached hydrogens (tertiary/aromatic N) is 1. The molecule has 1 aromatic heterocycles. The van der Waals surface area contributed by atoms with Crippen molar-refractivity contribution < 1.29 is 23.1 Å². The largest absolute Gasteiger partial charge is 0.477 e. The fourth-order valence-corrected chi connectivity index (χ4v) is 5.10. The average Bonchev–Trinajstić information content (AvgIpc) is 2.95. The van der Waals surface area contributed by atoms with Crippen LogP contribution in [0.1, 0.15) is 26.5 Å². The van der Waals surface area contributed by atoms with Crippen LogP contribution in [-0.4, -0.2) is 36.3 Å². The van der Waals surface area contributed by atoms with E-state index in [0.717, 1.165) is 27.3 Å². The Bertz CT molecular complexity index is 875. The van der Waals surface area contributed by atoms with Crippen molar-refractivity contribution >= 4 is 33.2 Å². The minimum Gasteiger partial charge on any atom is -0.477 e. The Morgan fingerprint density at radius 2 is 1.88 bits per heavy atom. The number of hydrogen-bond donors (Lipinski definition) is 2. The molecular weight excluding hydrogens is 364 g/mol. The van der Waals surface area contributed by atoms with Crippen LogP contribution in [0.3, 0.4) is 0 Å². The van der Waals surface area contributed by atoms with E-state index in [2.05, 4.69) is 0 Å². The van der Waals surface area contributed by atoms with Gasteiger partial charge in [0.15, 0.2) is 0 Å². The number of aromatic carboxylic acids is 1. The molecule has 1 amide bonds. The molecule has 9 heteroatoms. The molecule has 2 rings (SSSR count). The predicted octanol–water partition coefficient (Wildman–Crippen LogP) is 1.82. The van der Waals surface area contributed by atoms with E-state index in [4.69, 9.17) is 10.8 Å². The third kappa shape index (κ3) is 4.65. The van der Waals surface area contributed by atoms with E-state index in [0.29, 0.717) is 4.88 Å². The van der Waals surface area contributed by atoms with Gasteiger partial charge in [-0.2, -0.15) is 4.31 Å². The first kappa shape index (κ1) is 19.1. The summed E-state index contributed by atoms with van der Waals surface area (Å²) in [5.41, 5.74) is 5.91. The first-order chi connectivity index (χ1) is 11.7. The van der Waals surface area contributed by atoms with Crippen LogP contribution >= 0.6 is 11.3 Å². The number of thiophene rings is 1. The number of rotatable bonds is 8. The molecule has 0 bridgehead atoms. The van der Waals surface area contributed by atoms with E-state index in [1.54, 1.807) is 31.2 Å². The molecule has 0 spiro atoms. The second-order valence-electron chi connectivity index (χ2n) is 5.38. The Hall–Kier alpha value is -2.23. The minimum absolute atomic E-state index is 0.0503. The van der Waals surface area contributed by atoms with Crippen LogP contribution in [0, 0.1) is 6.92 Å². The molecule has 1 aromatic carbocycles. The number of nitrogens with two attached hydrogens (primary N) is 1. The molecule has 0 aliphatic carbocycles. The molecule has 25 heavy (non-hydrogen) atoms. The maximum Gasteiger partial charge on any atom is 0.345 e. The molecule has 0 saturated carbocycles. The van der Waals surface area contributed by atoms with Gasteiger partial charge < -0.3 is 10.8 Å². The fourth-order valence-electron chi connectivity index (χ4n) is 2.27. The van der Waals surface area contributed by atoms with Crippen molar-refractivity contribution in [2.75, 3.05) is 6.54 Å². The van der Waals surface area contributed by atoms with Gasteiger partial charge in [-0.15, -0.1) is 11.3 Å². The molecule has 0 atom stereocenters. The van der Waals surface area contributed by atoms with Gasteiger partial charge in [0.1, 0.15) is 4.88 Å². The summed E-state index contributed by atoms with van der Waals surface area (Å²) < 4.78 is 27.1. The summed E-state index contributed by atoms with van der Waals surface area (Å²) in [4.78, 5) is 22.5. The SMILES string of the molecule is Cc1sc(C(=O)O)cc1S(=O)(=O)N(CCC(N)=O)Cc1ccccc1. The lowest BCUT2D eigenvalue weighted by Gasteiger charge is -2.21. The zero-order valence-corrected chi connectivity index (χ0v) is 15.1. The summed E-state index contributed by atoms with van der Waals surface area (Å²) in [6.45, 7) is 1.54. The third-order valence-electron chi connectivity index (χ3n) is 3.51. The Morgan fingerprint density at radius 1 is 1.24 bits per heavy atom. The Kier molecular flexibility index (Phi) is 5.93. The van der Waals surface area contributed by atoms with Crippen molar-refractivity contribution in [3.05, 3.63) is 51.7 Å². The van der Waals surface area contributed by atoms with E-state index in [-0.39, 0.29) is 29.3 Å². The summed E-state index contributed by atoms with van der Waals surface area (Å²) in [5, 5.41) is 9.08. The zero-order chi connectivity index (χ0) is 18.6. The smallest absolute Gasteiger partial charge is 0.345 e. The van der Waals surface area contributed by atoms with Gasteiger partial charge in [0.2, 0.25) is 15.9 Å². The van der Waals surface area contributed by atoms with Crippen LogP contribution in [-0.2, 0) is 21.4 Å². The van der Waals surface area contributed by atoms with E-state index in [9.17, 15) is 18.0 Å². The lowest BCUT2D eigenvalue weighted by atomic mass is 10.2. The number of sulfonamides is 1.